The van der Waals surface area contributed by atoms with Gasteiger partial charge in [0.1, 0.15) is 0 Å². The molecule has 17 heavy (non-hydrogen) atoms. The van der Waals surface area contributed by atoms with Gasteiger partial charge in [-0.2, -0.15) is 0 Å². The van der Waals surface area contributed by atoms with E-state index in [0.29, 0.717) is 6.54 Å². The molecule has 0 radical (unpaired) electrons. The third-order valence-corrected chi connectivity index (χ3v) is 3.60. The second-order valence-electron chi connectivity index (χ2n) is 4.60. The van der Waals surface area contributed by atoms with Gasteiger partial charge in [-0.25, -0.2) is 0 Å². The van der Waals surface area contributed by atoms with Crippen molar-refractivity contribution in [2.45, 2.75) is 19.4 Å². The van der Waals surface area contributed by atoms with Gasteiger partial charge in [0.25, 0.3) is 0 Å². The zero-order valence-electron chi connectivity index (χ0n) is 10.2. The molecule has 0 aliphatic carbocycles. The quantitative estimate of drug-likeness (QED) is 0.836. The molecule has 1 aliphatic heterocycles. The van der Waals surface area contributed by atoms with Gasteiger partial charge in [-0.1, -0.05) is 35.4 Å². The standard InChI is InChI=1S/C14H19ClN2/c1-11-5-7-17(8-6-11)14(10-16)12-3-2-4-13(15)9-12/h2-5,9,14H,6-8,10,16H2,1H3. The molecule has 2 nitrogen and oxygen atoms in total. The normalized spacial score (nSPS) is 18.9. The predicted molar refractivity (Wildman–Crippen MR) is 73.2 cm³/mol. The molecule has 0 saturated carbocycles. The molecular weight excluding hydrogens is 232 g/mol. The number of rotatable bonds is 3. The van der Waals surface area contributed by atoms with E-state index in [1.807, 2.05) is 18.2 Å². The Labute approximate surface area is 108 Å². The Morgan fingerprint density at radius 2 is 2.29 bits per heavy atom. The van der Waals surface area contributed by atoms with Crippen LogP contribution in [0.15, 0.2) is 35.9 Å². The predicted octanol–water partition coefficient (Wildman–Crippen LogP) is 2.99. The average Bonchev–Trinajstić information content (AvgIpc) is 2.33. The van der Waals surface area contributed by atoms with E-state index in [4.69, 9.17) is 17.3 Å². The van der Waals surface area contributed by atoms with Crippen LogP contribution in [-0.4, -0.2) is 24.5 Å². The summed E-state index contributed by atoms with van der Waals surface area (Å²) in [4.78, 5) is 2.42. The van der Waals surface area contributed by atoms with Crippen LogP contribution >= 0.6 is 11.6 Å². The Bertz CT molecular complexity index is 414. The molecule has 0 bridgehead atoms. The van der Waals surface area contributed by atoms with Crippen LogP contribution in [0.4, 0.5) is 0 Å². The SMILES string of the molecule is CC1=CCN(C(CN)c2cccc(Cl)c2)CC1. The third-order valence-electron chi connectivity index (χ3n) is 3.37. The molecule has 0 amide bonds. The highest BCUT2D eigenvalue weighted by Gasteiger charge is 2.20. The zero-order chi connectivity index (χ0) is 12.3. The number of hydrogen-bond acceptors (Lipinski definition) is 2. The lowest BCUT2D eigenvalue weighted by molar-refractivity contribution is 0.217. The lowest BCUT2D eigenvalue weighted by atomic mass is 10.0. The number of nitrogens with zero attached hydrogens (tertiary/aromatic N) is 1. The Kier molecular flexibility index (Phi) is 4.21. The first-order chi connectivity index (χ1) is 8.20. The first-order valence-corrected chi connectivity index (χ1v) is 6.43. The largest absolute Gasteiger partial charge is 0.329 e. The monoisotopic (exact) mass is 250 g/mol. The van der Waals surface area contributed by atoms with Crippen LogP contribution in [0.2, 0.25) is 5.02 Å². The van der Waals surface area contributed by atoms with Crippen molar-refractivity contribution in [3.8, 4) is 0 Å². The van der Waals surface area contributed by atoms with Crippen LogP contribution in [0.1, 0.15) is 24.9 Å². The van der Waals surface area contributed by atoms with Gasteiger partial charge in [-0.15, -0.1) is 0 Å². The topological polar surface area (TPSA) is 29.3 Å². The molecule has 0 fully saturated rings. The van der Waals surface area contributed by atoms with Crippen molar-refractivity contribution in [1.29, 1.82) is 0 Å². The summed E-state index contributed by atoms with van der Waals surface area (Å²) < 4.78 is 0. The molecule has 3 heteroatoms. The van der Waals surface area contributed by atoms with Crippen LogP contribution in [0.3, 0.4) is 0 Å². The van der Waals surface area contributed by atoms with Crippen LogP contribution in [-0.2, 0) is 0 Å². The molecule has 1 atom stereocenters. The van der Waals surface area contributed by atoms with Crippen molar-refractivity contribution in [3.05, 3.63) is 46.5 Å². The van der Waals surface area contributed by atoms with E-state index in [-0.39, 0.29) is 6.04 Å². The minimum absolute atomic E-state index is 0.276. The molecular formula is C14H19ClN2. The van der Waals surface area contributed by atoms with E-state index >= 15 is 0 Å². The molecule has 1 aromatic rings. The highest BCUT2D eigenvalue weighted by molar-refractivity contribution is 6.30. The number of nitrogens with two attached hydrogens (primary N) is 1. The summed E-state index contributed by atoms with van der Waals surface area (Å²) in [7, 11) is 0. The van der Waals surface area contributed by atoms with Crippen LogP contribution in [0, 0.1) is 0 Å². The lowest BCUT2D eigenvalue weighted by Crippen LogP contribution is -2.36. The third kappa shape index (κ3) is 3.09. The molecule has 0 aromatic heterocycles. The zero-order valence-corrected chi connectivity index (χ0v) is 11.0. The Morgan fingerprint density at radius 1 is 1.47 bits per heavy atom. The molecule has 2 rings (SSSR count). The van der Waals surface area contributed by atoms with Gasteiger partial charge < -0.3 is 5.73 Å². The first-order valence-electron chi connectivity index (χ1n) is 6.06. The molecule has 1 aromatic carbocycles. The Morgan fingerprint density at radius 3 is 2.88 bits per heavy atom. The average molecular weight is 251 g/mol. The second kappa shape index (κ2) is 5.67. The van der Waals surface area contributed by atoms with Crippen LogP contribution in [0.25, 0.3) is 0 Å². The smallest absolute Gasteiger partial charge is 0.0474 e. The fourth-order valence-electron chi connectivity index (χ4n) is 2.28. The summed E-state index contributed by atoms with van der Waals surface area (Å²) in [5.41, 5.74) is 8.61. The van der Waals surface area contributed by atoms with Crippen molar-refractivity contribution in [1.82, 2.24) is 4.90 Å². The molecule has 2 N–H and O–H groups in total. The van der Waals surface area contributed by atoms with E-state index in [1.165, 1.54) is 11.1 Å². The highest BCUT2D eigenvalue weighted by Crippen LogP contribution is 2.25. The highest BCUT2D eigenvalue weighted by atomic mass is 35.5. The molecule has 0 spiro atoms. The molecule has 1 heterocycles. The molecule has 92 valence electrons. The van der Waals surface area contributed by atoms with Crippen molar-refractivity contribution in [3.63, 3.8) is 0 Å². The van der Waals surface area contributed by atoms with Gasteiger partial charge in [-0.3, -0.25) is 4.90 Å². The van der Waals surface area contributed by atoms with E-state index in [2.05, 4.69) is 24.0 Å². The Balaban J connectivity index is 2.16. The minimum atomic E-state index is 0.276. The maximum Gasteiger partial charge on any atom is 0.0474 e. The fourth-order valence-corrected chi connectivity index (χ4v) is 2.48. The van der Waals surface area contributed by atoms with Gasteiger partial charge in [-0.05, 0) is 31.0 Å². The molecule has 0 saturated heterocycles. The number of hydrogen-bond donors (Lipinski definition) is 1. The lowest BCUT2D eigenvalue weighted by Gasteiger charge is -2.33. The van der Waals surface area contributed by atoms with Gasteiger partial charge in [0.05, 0.1) is 0 Å². The number of benzene rings is 1. The summed E-state index contributed by atoms with van der Waals surface area (Å²) in [6, 6.07) is 8.29. The van der Waals surface area contributed by atoms with Crippen LogP contribution < -0.4 is 5.73 Å². The summed E-state index contributed by atoms with van der Waals surface area (Å²) in [5.74, 6) is 0. The number of halogens is 1. The summed E-state index contributed by atoms with van der Waals surface area (Å²) in [6.07, 6.45) is 3.42. The van der Waals surface area contributed by atoms with Gasteiger partial charge in [0, 0.05) is 30.7 Å². The van der Waals surface area contributed by atoms with Crippen molar-refractivity contribution >= 4 is 11.6 Å². The second-order valence-corrected chi connectivity index (χ2v) is 5.04. The van der Waals surface area contributed by atoms with Crippen molar-refractivity contribution in [2.75, 3.05) is 19.6 Å². The van der Waals surface area contributed by atoms with E-state index < -0.39 is 0 Å². The van der Waals surface area contributed by atoms with E-state index in [9.17, 15) is 0 Å². The summed E-state index contributed by atoms with van der Waals surface area (Å²) in [5, 5.41) is 0.782. The maximum atomic E-state index is 6.04. The van der Waals surface area contributed by atoms with Gasteiger partial charge in [0.15, 0.2) is 0 Å². The van der Waals surface area contributed by atoms with Gasteiger partial charge >= 0.3 is 0 Å². The maximum absolute atomic E-state index is 6.04. The Hall–Kier alpha value is -0.830. The minimum Gasteiger partial charge on any atom is -0.329 e. The summed E-state index contributed by atoms with van der Waals surface area (Å²) in [6.45, 7) is 4.89. The molecule has 1 aliphatic rings. The van der Waals surface area contributed by atoms with Gasteiger partial charge in [0.2, 0.25) is 0 Å². The van der Waals surface area contributed by atoms with Crippen molar-refractivity contribution < 1.29 is 0 Å². The van der Waals surface area contributed by atoms with Crippen LogP contribution in [0.5, 0.6) is 0 Å². The fraction of sp³-hybridized carbons (Fsp3) is 0.429. The summed E-state index contributed by atoms with van der Waals surface area (Å²) >= 11 is 6.04. The molecule has 1 unspecified atom stereocenters. The first kappa shape index (κ1) is 12.6. The van der Waals surface area contributed by atoms with E-state index in [1.54, 1.807) is 0 Å². The van der Waals surface area contributed by atoms with Crippen molar-refractivity contribution in [2.24, 2.45) is 5.73 Å². The van der Waals surface area contributed by atoms with E-state index in [0.717, 1.165) is 24.5 Å².